The number of halogens is 2. The van der Waals surface area contributed by atoms with Gasteiger partial charge in [-0.25, -0.2) is 0 Å². The van der Waals surface area contributed by atoms with Crippen LogP contribution in [0.25, 0.3) is 0 Å². The monoisotopic (exact) mass is 428 g/mol. The Balaban J connectivity index is 1.71. The van der Waals surface area contributed by atoms with E-state index in [1.807, 2.05) is 6.07 Å². The van der Waals surface area contributed by atoms with Crippen molar-refractivity contribution in [3.05, 3.63) is 99.5 Å². The normalized spacial score (nSPS) is 21.3. The third-order valence-electron chi connectivity index (χ3n) is 5.68. The van der Waals surface area contributed by atoms with Crippen LogP contribution in [0, 0.1) is 0 Å². The second kappa shape index (κ2) is 9.19. The second-order valence-electron chi connectivity index (χ2n) is 7.58. The third-order valence-corrected chi connectivity index (χ3v) is 6.18. The van der Waals surface area contributed by atoms with Gasteiger partial charge in [-0.3, -0.25) is 9.80 Å². The molecule has 1 fully saturated rings. The second-order valence-corrected chi connectivity index (χ2v) is 8.43. The van der Waals surface area contributed by atoms with Gasteiger partial charge in [0.25, 0.3) is 0 Å². The van der Waals surface area contributed by atoms with Gasteiger partial charge in [-0.15, -0.1) is 0 Å². The Labute approximate surface area is 182 Å². The van der Waals surface area contributed by atoms with Crippen molar-refractivity contribution in [2.75, 3.05) is 20.2 Å². The first-order valence-electron chi connectivity index (χ1n) is 9.95. The molecule has 3 aromatic rings. The lowest BCUT2D eigenvalue weighted by Gasteiger charge is -2.26. The summed E-state index contributed by atoms with van der Waals surface area (Å²) in [5.74, 6) is 0.735. The average molecular weight is 429 g/mol. The molecular formula is C24H26Cl2N2O+2. The van der Waals surface area contributed by atoms with Crippen molar-refractivity contribution in [2.45, 2.75) is 19.3 Å². The van der Waals surface area contributed by atoms with Crippen LogP contribution >= 0.6 is 23.2 Å². The summed E-state index contributed by atoms with van der Waals surface area (Å²) in [6.07, 6.45) is 0.196. The highest BCUT2D eigenvalue weighted by atomic mass is 35.5. The zero-order valence-corrected chi connectivity index (χ0v) is 18.0. The Morgan fingerprint density at radius 2 is 1.34 bits per heavy atom. The maximum atomic E-state index is 6.50. The van der Waals surface area contributed by atoms with Crippen LogP contribution in [-0.4, -0.2) is 20.2 Å². The minimum Gasteiger partial charge on any atom is -0.494 e. The van der Waals surface area contributed by atoms with Gasteiger partial charge in [-0.2, -0.15) is 0 Å². The van der Waals surface area contributed by atoms with E-state index in [1.54, 1.807) is 13.2 Å². The van der Waals surface area contributed by atoms with Gasteiger partial charge < -0.3 is 4.74 Å². The highest BCUT2D eigenvalue weighted by Gasteiger charge is 2.43. The van der Waals surface area contributed by atoms with Crippen LogP contribution in [0.3, 0.4) is 0 Å². The van der Waals surface area contributed by atoms with E-state index in [0.717, 1.165) is 37.5 Å². The summed E-state index contributed by atoms with van der Waals surface area (Å²) in [4.78, 5) is 3.00. The fourth-order valence-electron chi connectivity index (χ4n) is 4.45. The molecule has 1 aliphatic heterocycles. The predicted octanol–water partition coefficient (Wildman–Crippen LogP) is 3.18. The summed E-state index contributed by atoms with van der Waals surface area (Å²) < 4.78 is 5.72. The van der Waals surface area contributed by atoms with Crippen LogP contribution in [0.1, 0.15) is 22.9 Å². The van der Waals surface area contributed by atoms with Gasteiger partial charge in [0, 0.05) is 16.1 Å². The average Bonchev–Trinajstić information content (AvgIpc) is 3.11. The van der Waals surface area contributed by atoms with E-state index in [-0.39, 0.29) is 6.17 Å². The first-order valence-corrected chi connectivity index (χ1v) is 10.7. The molecule has 0 saturated carbocycles. The van der Waals surface area contributed by atoms with Crippen molar-refractivity contribution in [3.8, 4) is 5.75 Å². The first-order chi connectivity index (χ1) is 14.2. The summed E-state index contributed by atoms with van der Waals surface area (Å²) in [5.41, 5.74) is 3.75. The minimum atomic E-state index is 0.196. The van der Waals surface area contributed by atoms with Crippen LogP contribution in [-0.2, 0) is 13.1 Å². The molecular weight excluding hydrogens is 403 g/mol. The summed E-state index contributed by atoms with van der Waals surface area (Å²) in [6.45, 7) is 4.07. The zero-order valence-electron chi connectivity index (χ0n) is 16.5. The molecule has 3 aromatic carbocycles. The SMILES string of the molecule is COc1c(Cl)cc(Cl)cc1C1[NH+](Cc2ccccc2)CC[NH+]1Cc1ccccc1. The standard InChI is InChI=1S/C24H24Cl2N2O/c1-29-23-21(14-20(25)15-22(23)26)24-27(16-18-8-4-2-5-9-18)12-13-28(24)17-19-10-6-3-7-11-19/h2-11,14-15,24H,12-13,16-17H2,1H3/p+2. The van der Waals surface area contributed by atoms with Crippen LogP contribution in [0.4, 0.5) is 0 Å². The highest BCUT2D eigenvalue weighted by Crippen LogP contribution is 2.34. The molecule has 0 spiro atoms. The van der Waals surface area contributed by atoms with Gasteiger partial charge in [0.1, 0.15) is 31.7 Å². The van der Waals surface area contributed by atoms with E-state index in [4.69, 9.17) is 27.9 Å². The lowest BCUT2D eigenvalue weighted by atomic mass is 10.1. The van der Waals surface area contributed by atoms with Gasteiger partial charge in [-0.05, 0) is 12.1 Å². The van der Waals surface area contributed by atoms with Crippen molar-refractivity contribution in [2.24, 2.45) is 0 Å². The molecule has 1 aliphatic rings. The van der Waals surface area contributed by atoms with Crippen molar-refractivity contribution < 1.29 is 14.5 Å². The minimum absolute atomic E-state index is 0.196. The Kier molecular flexibility index (Phi) is 6.41. The third kappa shape index (κ3) is 4.59. The number of hydrogen-bond acceptors (Lipinski definition) is 1. The van der Waals surface area contributed by atoms with Gasteiger partial charge in [0.15, 0.2) is 5.75 Å². The Morgan fingerprint density at radius 1 is 0.828 bits per heavy atom. The fraction of sp³-hybridized carbons (Fsp3) is 0.250. The molecule has 2 unspecified atom stereocenters. The Morgan fingerprint density at radius 3 is 1.83 bits per heavy atom. The maximum absolute atomic E-state index is 6.50. The highest BCUT2D eigenvalue weighted by molar-refractivity contribution is 6.35. The van der Waals surface area contributed by atoms with Gasteiger partial charge in [0.05, 0.1) is 12.1 Å². The molecule has 0 aromatic heterocycles. The van der Waals surface area contributed by atoms with Gasteiger partial charge in [0.2, 0.25) is 6.17 Å². The summed E-state index contributed by atoms with van der Waals surface area (Å²) in [6, 6.07) is 25.1. The molecule has 0 amide bonds. The molecule has 1 saturated heterocycles. The summed E-state index contributed by atoms with van der Waals surface area (Å²) >= 11 is 12.9. The van der Waals surface area contributed by atoms with Gasteiger partial charge >= 0.3 is 0 Å². The largest absolute Gasteiger partial charge is 0.494 e. The molecule has 0 radical (unpaired) electrons. The molecule has 3 nitrogen and oxygen atoms in total. The van der Waals surface area contributed by atoms with Crippen molar-refractivity contribution in [1.29, 1.82) is 0 Å². The predicted molar refractivity (Wildman–Crippen MR) is 118 cm³/mol. The number of nitrogens with one attached hydrogen (secondary N) is 2. The van der Waals surface area contributed by atoms with E-state index in [0.29, 0.717) is 10.0 Å². The molecule has 0 bridgehead atoms. The number of quaternary nitrogens is 2. The molecule has 1 heterocycles. The van der Waals surface area contributed by atoms with Crippen LogP contribution in [0.2, 0.25) is 10.0 Å². The molecule has 2 N–H and O–H groups in total. The number of rotatable bonds is 6. The molecule has 4 rings (SSSR count). The fourth-order valence-corrected chi connectivity index (χ4v) is 5.03. The van der Waals surface area contributed by atoms with Crippen molar-refractivity contribution in [3.63, 3.8) is 0 Å². The number of methoxy groups -OCH3 is 1. The first kappa shape index (κ1) is 20.2. The van der Waals surface area contributed by atoms with E-state index < -0.39 is 0 Å². The number of ether oxygens (including phenoxy) is 1. The topological polar surface area (TPSA) is 18.1 Å². The quantitative estimate of drug-likeness (QED) is 0.616. The molecule has 150 valence electrons. The van der Waals surface area contributed by atoms with Crippen LogP contribution in [0.15, 0.2) is 72.8 Å². The summed E-state index contributed by atoms with van der Waals surface area (Å²) in [7, 11) is 1.68. The van der Waals surface area contributed by atoms with Crippen molar-refractivity contribution >= 4 is 23.2 Å². The zero-order chi connectivity index (χ0) is 20.2. The molecule has 29 heavy (non-hydrogen) atoms. The molecule has 2 atom stereocenters. The number of benzene rings is 3. The number of hydrogen-bond donors (Lipinski definition) is 2. The Hall–Kier alpha value is -2.04. The molecule has 0 aliphatic carbocycles. The molecule has 5 heteroatoms. The van der Waals surface area contributed by atoms with Crippen molar-refractivity contribution in [1.82, 2.24) is 0 Å². The maximum Gasteiger partial charge on any atom is 0.244 e. The van der Waals surface area contributed by atoms with Gasteiger partial charge in [-0.1, -0.05) is 83.9 Å². The lowest BCUT2D eigenvalue weighted by molar-refractivity contribution is -1.09. The van der Waals surface area contributed by atoms with Crippen LogP contribution < -0.4 is 14.5 Å². The Bertz CT molecular complexity index is 900. The van der Waals surface area contributed by atoms with Crippen LogP contribution in [0.5, 0.6) is 5.75 Å². The van der Waals surface area contributed by atoms with E-state index in [2.05, 4.69) is 60.7 Å². The smallest absolute Gasteiger partial charge is 0.244 e. The van der Waals surface area contributed by atoms with E-state index in [9.17, 15) is 0 Å². The van der Waals surface area contributed by atoms with E-state index in [1.165, 1.54) is 20.9 Å². The lowest BCUT2D eigenvalue weighted by Crippen LogP contribution is -3.22. The van der Waals surface area contributed by atoms with E-state index >= 15 is 0 Å². The summed E-state index contributed by atoms with van der Waals surface area (Å²) in [5, 5.41) is 1.22.